The summed E-state index contributed by atoms with van der Waals surface area (Å²) in [6.07, 6.45) is 3.87. The molecule has 0 N–H and O–H groups in total. The molecule has 1 aliphatic rings. The van der Waals surface area contributed by atoms with Crippen molar-refractivity contribution >= 4 is 11.9 Å². The summed E-state index contributed by atoms with van der Waals surface area (Å²) in [6, 6.07) is 21.7. The summed E-state index contributed by atoms with van der Waals surface area (Å²) in [5.74, 6) is -0.631. The average molecular weight is 418 g/mol. The van der Waals surface area contributed by atoms with E-state index in [4.69, 9.17) is 4.74 Å². The first kappa shape index (κ1) is 20.9. The van der Waals surface area contributed by atoms with Crippen LogP contribution in [0.5, 0.6) is 0 Å². The highest BCUT2D eigenvalue weighted by atomic mass is 16.5. The molecule has 3 aromatic rings. The molecule has 0 spiro atoms. The second-order valence-electron chi connectivity index (χ2n) is 7.72. The number of amides is 1. The van der Waals surface area contributed by atoms with Gasteiger partial charge < -0.3 is 14.2 Å². The summed E-state index contributed by atoms with van der Waals surface area (Å²) in [7, 11) is 0. The minimum Gasteiger partial charge on any atom is -0.452 e. The fourth-order valence-electron chi connectivity index (χ4n) is 3.88. The smallest absolute Gasteiger partial charge is 0.338 e. The number of esters is 1. The molecular weight excluding hydrogens is 390 g/mol. The van der Waals surface area contributed by atoms with Crippen LogP contribution in [0.15, 0.2) is 79.1 Å². The minimum atomic E-state index is -0.483. The maximum atomic E-state index is 12.5. The summed E-state index contributed by atoms with van der Waals surface area (Å²) in [5, 5.41) is 0. The van der Waals surface area contributed by atoms with Crippen LogP contribution < -0.4 is 0 Å². The predicted octanol–water partition coefficient (Wildman–Crippen LogP) is 3.54. The summed E-state index contributed by atoms with van der Waals surface area (Å²) in [6.45, 7) is 4.84. The number of benzene rings is 2. The molecule has 160 valence electrons. The van der Waals surface area contributed by atoms with Crippen LogP contribution in [0, 0.1) is 0 Å². The third kappa shape index (κ3) is 5.03. The van der Waals surface area contributed by atoms with Crippen LogP contribution >= 0.6 is 0 Å². The van der Waals surface area contributed by atoms with Gasteiger partial charge in [0.1, 0.15) is 0 Å². The Bertz CT molecular complexity index is 992. The van der Waals surface area contributed by atoms with Crippen molar-refractivity contribution in [2.24, 2.45) is 0 Å². The Morgan fingerprint density at radius 2 is 1.52 bits per heavy atom. The van der Waals surface area contributed by atoms with Crippen LogP contribution in [0.25, 0.3) is 5.69 Å². The fraction of sp³-hybridized carbons (Fsp3) is 0.280. The lowest BCUT2D eigenvalue weighted by Gasteiger charge is -2.38. The molecule has 0 saturated carbocycles. The van der Waals surface area contributed by atoms with Crippen molar-refractivity contribution in [3.05, 3.63) is 90.3 Å². The van der Waals surface area contributed by atoms with Crippen LogP contribution in [0.1, 0.15) is 28.9 Å². The molecular formula is C25H27N3O3. The molecule has 1 aliphatic heterocycles. The van der Waals surface area contributed by atoms with Gasteiger partial charge in [0.05, 0.1) is 5.56 Å². The van der Waals surface area contributed by atoms with E-state index in [9.17, 15) is 9.59 Å². The van der Waals surface area contributed by atoms with E-state index in [1.807, 2.05) is 59.4 Å². The summed E-state index contributed by atoms with van der Waals surface area (Å²) in [5.41, 5.74) is 2.67. The Morgan fingerprint density at radius 3 is 2.16 bits per heavy atom. The van der Waals surface area contributed by atoms with Gasteiger partial charge in [-0.3, -0.25) is 9.69 Å². The zero-order valence-corrected chi connectivity index (χ0v) is 17.7. The molecule has 1 amide bonds. The average Bonchev–Trinajstić information content (AvgIpc) is 3.38. The van der Waals surface area contributed by atoms with E-state index in [0.29, 0.717) is 24.7 Å². The minimum absolute atomic E-state index is 0.149. The highest BCUT2D eigenvalue weighted by Crippen LogP contribution is 2.21. The zero-order valence-electron chi connectivity index (χ0n) is 17.7. The SMILES string of the molecule is CC(c1ccccc1)N1CCN(C(=O)COC(=O)c2ccc(-n3cccc3)cc2)CC1. The van der Waals surface area contributed by atoms with Gasteiger partial charge in [0, 0.05) is 50.3 Å². The number of hydrogen-bond acceptors (Lipinski definition) is 4. The van der Waals surface area contributed by atoms with Gasteiger partial charge >= 0.3 is 5.97 Å². The predicted molar refractivity (Wildman–Crippen MR) is 119 cm³/mol. The molecule has 0 bridgehead atoms. The molecule has 1 aromatic heterocycles. The first-order valence-corrected chi connectivity index (χ1v) is 10.6. The van der Waals surface area contributed by atoms with Gasteiger partial charge in [-0.2, -0.15) is 0 Å². The largest absolute Gasteiger partial charge is 0.452 e. The van der Waals surface area contributed by atoms with Gasteiger partial charge in [-0.25, -0.2) is 4.79 Å². The highest BCUT2D eigenvalue weighted by molar-refractivity contribution is 5.91. The molecule has 6 nitrogen and oxygen atoms in total. The van der Waals surface area contributed by atoms with E-state index < -0.39 is 5.97 Å². The van der Waals surface area contributed by atoms with Crippen LogP contribution in [0.4, 0.5) is 0 Å². The maximum Gasteiger partial charge on any atom is 0.338 e. The van der Waals surface area contributed by atoms with Gasteiger partial charge in [-0.1, -0.05) is 30.3 Å². The number of carbonyl (C=O) groups is 2. The number of nitrogens with zero attached hydrogens (tertiary/aromatic N) is 3. The van der Waals surface area contributed by atoms with Gasteiger partial charge in [-0.15, -0.1) is 0 Å². The highest BCUT2D eigenvalue weighted by Gasteiger charge is 2.25. The number of ether oxygens (including phenoxy) is 1. The quantitative estimate of drug-likeness (QED) is 0.576. The summed E-state index contributed by atoms with van der Waals surface area (Å²) >= 11 is 0. The molecule has 2 heterocycles. The standard InChI is InChI=1S/C25H27N3O3/c1-20(21-7-3-2-4-8-21)26-15-17-28(18-16-26)24(29)19-31-25(30)22-9-11-23(12-10-22)27-13-5-6-14-27/h2-14,20H,15-19H2,1H3. The van der Waals surface area contributed by atoms with Gasteiger partial charge in [0.2, 0.25) is 0 Å². The molecule has 1 atom stereocenters. The molecule has 2 aromatic carbocycles. The molecule has 1 fully saturated rings. The van der Waals surface area contributed by atoms with Gasteiger partial charge in [0.15, 0.2) is 6.61 Å². The van der Waals surface area contributed by atoms with Crippen molar-refractivity contribution in [2.45, 2.75) is 13.0 Å². The van der Waals surface area contributed by atoms with E-state index in [1.165, 1.54) is 5.56 Å². The molecule has 6 heteroatoms. The second-order valence-corrected chi connectivity index (χ2v) is 7.72. The normalized spacial score (nSPS) is 15.5. The monoisotopic (exact) mass is 417 g/mol. The topological polar surface area (TPSA) is 54.8 Å². The van der Waals surface area contributed by atoms with E-state index in [1.54, 1.807) is 17.0 Å². The number of rotatable bonds is 6. The lowest BCUT2D eigenvalue weighted by Crippen LogP contribution is -2.50. The van der Waals surface area contributed by atoms with Crippen molar-refractivity contribution in [3.8, 4) is 5.69 Å². The molecule has 1 saturated heterocycles. The Hall–Kier alpha value is -3.38. The lowest BCUT2D eigenvalue weighted by atomic mass is 10.1. The van der Waals surface area contributed by atoms with Crippen LogP contribution in [-0.2, 0) is 9.53 Å². The van der Waals surface area contributed by atoms with Crippen LogP contribution in [0.3, 0.4) is 0 Å². The number of carbonyl (C=O) groups excluding carboxylic acids is 2. The van der Waals surface area contributed by atoms with Crippen molar-refractivity contribution < 1.29 is 14.3 Å². The maximum absolute atomic E-state index is 12.5. The van der Waals surface area contributed by atoms with E-state index in [2.05, 4.69) is 24.0 Å². The number of hydrogen-bond donors (Lipinski definition) is 0. The summed E-state index contributed by atoms with van der Waals surface area (Å²) < 4.78 is 7.22. The van der Waals surface area contributed by atoms with Crippen LogP contribution in [0.2, 0.25) is 0 Å². The third-order valence-electron chi connectivity index (χ3n) is 5.83. The Morgan fingerprint density at radius 1 is 0.871 bits per heavy atom. The zero-order chi connectivity index (χ0) is 21.6. The van der Waals surface area contributed by atoms with Gasteiger partial charge in [-0.05, 0) is 48.9 Å². The number of piperazine rings is 1. The van der Waals surface area contributed by atoms with Crippen molar-refractivity contribution in [1.29, 1.82) is 0 Å². The van der Waals surface area contributed by atoms with E-state index in [-0.39, 0.29) is 12.5 Å². The molecule has 4 rings (SSSR count). The van der Waals surface area contributed by atoms with Crippen molar-refractivity contribution in [1.82, 2.24) is 14.4 Å². The second kappa shape index (κ2) is 9.62. The van der Waals surface area contributed by atoms with Crippen molar-refractivity contribution in [3.63, 3.8) is 0 Å². The lowest BCUT2D eigenvalue weighted by molar-refractivity contribution is -0.136. The Kier molecular flexibility index (Phi) is 6.48. The molecule has 31 heavy (non-hydrogen) atoms. The molecule has 0 aliphatic carbocycles. The number of aromatic nitrogens is 1. The van der Waals surface area contributed by atoms with E-state index >= 15 is 0 Å². The third-order valence-corrected chi connectivity index (χ3v) is 5.83. The van der Waals surface area contributed by atoms with Crippen LogP contribution in [-0.4, -0.2) is 59.0 Å². The van der Waals surface area contributed by atoms with Gasteiger partial charge in [0.25, 0.3) is 5.91 Å². The first-order valence-electron chi connectivity index (χ1n) is 10.6. The Balaban J connectivity index is 1.24. The Labute approximate surface area is 182 Å². The van der Waals surface area contributed by atoms with E-state index in [0.717, 1.165) is 18.8 Å². The molecule has 1 unspecified atom stereocenters. The van der Waals surface area contributed by atoms with Crippen molar-refractivity contribution in [2.75, 3.05) is 32.8 Å². The first-order chi connectivity index (χ1) is 15.1. The fourth-order valence-corrected chi connectivity index (χ4v) is 3.88. The summed E-state index contributed by atoms with van der Waals surface area (Å²) in [4.78, 5) is 29.0. The molecule has 0 radical (unpaired) electrons.